The largest absolute Gasteiger partial charge is 0.494 e. The molecule has 0 atom stereocenters. The van der Waals surface area contributed by atoms with Gasteiger partial charge in [-0.1, -0.05) is 42.5 Å². The van der Waals surface area contributed by atoms with Gasteiger partial charge >= 0.3 is 0 Å². The molecule has 0 bridgehead atoms. The molecule has 0 spiro atoms. The summed E-state index contributed by atoms with van der Waals surface area (Å²) in [6, 6.07) is 25.6. The predicted octanol–water partition coefficient (Wildman–Crippen LogP) is 5.23. The van der Waals surface area contributed by atoms with Crippen LogP contribution in [0.15, 0.2) is 83.7 Å². The van der Waals surface area contributed by atoms with E-state index < -0.39 is 0 Å². The topological polar surface area (TPSA) is 74.8 Å². The van der Waals surface area contributed by atoms with Gasteiger partial charge in [0, 0.05) is 12.2 Å². The number of ether oxygens (including phenoxy) is 1. The smallest absolute Gasteiger partial charge is 0.265 e. The zero-order valence-corrected chi connectivity index (χ0v) is 20.2. The Morgan fingerprint density at radius 3 is 2.22 bits per heavy atom. The van der Waals surface area contributed by atoms with Crippen LogP contribution in [0.5, 0.6) is 5.75 Å². The normalized spacial score (nSPS) is 11.5. The molecule has 0 radical (unpaired) electrons. The molecule has 6 rings (SSSR count). The SMILES string of the molecule is CCOc1ccc(-n2c3nc4ccccc4nc3c3c(=O)n(CCc4ccccc4)c(C)nc32)cc1. The van der Waals surface area contributed by atoms with Crippen molar-refractivity contribution in [2.75, 3.05) is 6.61 Å². The first-order valence-electron chi connectivity index (χ1n) is 12.1. The highest BCUT2D eigenvalue weighted by molar-refractivity contribution is 6.05. The molecule has 0 saturated carbocycles. The van der Waals surface area contributed by atoms with Gasteiger partial charge in [-0.05, 0) is 62.2 Å². The number of hydrogen-bond acceptors (Lipinski definition) is 5. The Kier molecular flexibility index (Phi) is 5.45. The van der Waals surface area contributed by atoms with Gasteiger partial charge in [0.2, 0.25) is 0 Å². The number of rotatable bonds is 6. The standard InChI is InChI=1S/C29H25N5O2/c1-3-36-22-15-13-21(14-16-22)34-27-25(26-28(34)32-24-12-8-7-11-23(24)31-26)29(35)33(19(2)30-27)18-17-20-9-5-4-6-10-20/h4-16H,3,17-18H2,1-2H3. The summed E-state index contributed by atoms with van der Waals surface area (Å²) in [5.41, 5.74) is 5.15. The number of fused-ring (bicyclic) bond motifs is 4. The quantitative estimate of drug-likeness (QED) is 0.330. The van der Waals surface area contributed by atoms with Crippen molar-refractivity contribution in [1.82, 2.24) is 24.1 Å². The minimum absolute atomic E-state index is 0.104. The van der Waals surface area contributed by atoms with Gasteiger partial charge in [-0.15, -0.1) is 0 Å². The maximum absolute atomic E-state index is 13.9. The zero-order valence-electron chi connectivity index (χ0n) is 20.2. The third kappa shape index (κ3) is 3.69. The number of para-hydroxylation sites is 2. The average Bonchev–Trinajstić information content (AvgIpc) is 3.21. The average molecular weight is 476 g/mol. The minimum Gasteiger partial charge on any atom is -0.494 e. The third-order valence-electron chi connectivity index (χ3n) is 6.43. The van der Waals surface area contributed by atoms with Gasteiger partial charge in [0.05, 0.1) is 17.6 Å². The summed E-state index contributed by atoms with van der Waals surface area (Å²) in [5, 5.41) is 0.482. The molecule has 0 N–H and O–H groups in total. The van der Waals surface area contributed by atoms with E-state index in [4.69, 9.17) is 19.7 Å². The van der Waals surface area contributed by atoms with Gasteiger partial charge in [-0.3, -0.25) is 13.9 Å². The Labute approximate surface area is 207 Å². The Morgan fingerprint density at radius 1 is 0.806 bits per heavy atom. The van der Waals surface area contributed by atoms with Crippen LogP contribution in [0.3, 0.4) is 0 Å². The molecule has 7 nitrogen and oxygen atoms in total. The number of hydrogen-bond donors (Lipinski definition) is 0. The number of benzene rings is 3. The second-order valence-electron chi connectivity index (χ2n) is 8.70. The van der Waals surface area contributed by atoms with Crippen LogP contribution < -0.4 is 10.3 Å². The van der Waals surface area contributed by atoms with Crippen molar-refractivity contribution in [3.63, 3.8) is 0 Å². The van der Waals surface area contributed by atoms with Crippen molar-refractivity contribution in [3.05, 3.63) is 101 Å². The molecule has 0 saturated heterocycles. The van der Waals surface area contributed by atoms with Gasteiger partial charge in [-0.2, -0.15) is 0 Å². The van der Waals surface area contributed by atoms with Crippen LogP contribution in [0, 0.1) is 6.92 Å². The lowest BCUT2D eigenvalue weighted by Gasteiger charge is -2.11. The van der Waals surface area contributed by atoms with E-state index in [0.717, 1.165) is 28.9 Å². The summed E-state index contributed by atoms with van der Waals surface area (Å²) in [6.45, 7) is 4.96. The van der Waals surface area contributed by atoms with Crippen molar-refractivity contribution in [2.24, 2.45) is 0 Å². The minimum atomic E-state index is -0.104. The fraction of sp³-hybridized carbons (Fsp3) is 0.172. The first kappa shape index (κ1) is 22.0. The van der Waals surface area contributed by atoms with Crippen LogP contribution in [0.1, 0.15) is 18.3 Å². The molecule has 0 amide bonds. The Balaban J connectivity index is 1.60. The number of aryl methyl sites for hydroxylation is 2. The van der Waals surface area contributed by atoms with Crippen LogP contribution in [0.2, 0.25) is 0 Å². The highest BCUT2D eigenvalue weighted by Gasteiger charge is 2.22. The first-order valence-corrected chi connectivity index (χ1v) is 12.1. The molecule has 3 aromatic carbocycles. The van der Waals surface area contributed by atoms with E-state index >= 15 is 0 Å². The van der Waals surface area contributed by atoms with E-state index in [0.29, 0.717) is 41.2 Å². The molecular formula is C29H25N5O2. The van der Waals surface area contributed by atoms with Gasteiger partial charge in [-0.25, -0.2) is 15.0 Å². The van der Waals surface area contributed by atoms with E-state index in [1.807, 2.05) is 85.1 Å². The van der Waals surface area contributed by atoms with Crippen LogP contribution in [-0.4, -0.2) is 30.7 Å². The third-order valence-corrected chi connectivity index (χ3v) is 6.43. The highest BCUT2D eigenvalue weighted by Crippen LogP contribution is 2.29. The fourth-order valence-corrected chi connectivity index (χ4v) is 4.68. The maximum Gasteiger partial charge on any atom is 0.265 e. The molecule has 0 aliphatic carbocycles. The van der Waals surface area contributed by atoms with Gasteiger partial charge in [0.25, 0.3) is 5.56 Å². The summed E-state index contributed by atoms with van der Waals surface area (Å²) in [5.74, 6) is 1.44. The monoisotopic (exact) mass is 475 g/mol. The molecule has 0 fully saturated rings. The van der Waals surface area contributed by atoms with Gasteiger partial charge in [0.15, 0.2) is 11.3 Å². The van der Waals surface area contributed by atoms with Crippen molar-refractivity contribution < 1.29 is 4.74 Å². The van der Waals surface area contributed by atoms with E-state index in [1.165, 1.54) is 5.56 Å². The lowest BCUT2D eigenvalue weighted by Crippen LogP contribution is -2.25. The Bertz CT molecular complexity index is 1770. The lowest BCUT2D eigenvalue weighted by atomic mass is 10.1. The van der Waals surface area contributed by atoms with E-state index in [1.54, 1.807) is 4.57 Å². The van der Waals surface area contributed by atoms with Gasteiger partial charge < -0.3 is 4.74 Å². The first-order chi connectivity index (χ1) is 17.6. The molecule has 36 heavy (non-hydrogen) atoms. The van der Waals surface area contributed by atoms with E-state index in [2.05, 4.69) is 12.1 Å². The summed E-state index contributed by atoms with van der Waals surface area (Å²) in [6.07, 6.45) is 0.737. The molecule has 3 aromatic heterocycles. The van der Waals surface area contributed by atoms with E-state index in [-0.39, 0.29) is 5.56 Å². The molecule has 178 valence electrons. The van der Waals surface area contributed by atoms with Crippen molar-refractivity contribution in [3.8, 4) is 11.4 Å². The summed E-state index contributed by atoms with van der Waals surface area (Å²) < 4.78 is 9.29. The molecule has 0 aliphatic heterocycles. The van der Waals surface area contributed by atoms with Crippen LogP contribution >= 0.6 is 0 Å². The summed E-state index contributed by atoms with van der Waals surface area (Å²) in [4.78, 5) is 28.7. The predicted molar refractivity (Wildman–Crippen MR) is 142 cm³/mol. The van der Waals surface area contributed by atoms with Crippen molar-refractivity contribution in [1.29, 1.82) is 0 Å². The molecule has 3 heterocycles. The molecule has 0 aliphatic rings. The second-order valence-corrected chi connectivity index (χ2v) is 8.70. The maximum atomic E-state index is 13.9. The molecule has 7 heteroatoms. The van der Waals surface area contributed by atoms with Crippen LogP contribution in [-0.2, 0) is 13.0 Å². The van der Waals surface area contributed by atoms with Crippen molar-refractivity contribution in [2.45, 2.75) is 26.8 Å². The number of aromatic nitrogens is 5. The number of nitrogens with zero attached hydrogens (tertiary/aromatic N) is 5. The molecule has 0 unspecified atom stereocenters. The Morgan fingerprint density at radius 2 is 1.50 bits per heavy atom. The van der Waals surface area contributed by atoms with Crippen LogP contribution in [0.4, 0.5) is 0 Å². The lowest BCUT2D eigenvalue weighted by molar-refractivity contribution is 0.340. The van der Waals surface area contributed by atoms with Crippen LogP contribution in [0.25, 0.3) is 38.9 Å². The van der Waals surface area contributed by atoms with Gasteiger partial charge in [0.1, 0.15) is 22.5 Å². The highest BCUT2D eigenvalue weighted by atomic mass is 16.5. The molecular weight excluding hydrogens is 450 g/mol. The second kappa shape index (κ2) is 8.92. The fourth-order valence-electron chi connectivity index (χ4n) is 4.68. The Hall–Kier alpha value is -4.52. The van der Waals surface area contributed by atoms with E-state index in [9.17, 15) is 4.79 Å². The zero-order chi connectivity index (χ0) is 24.6. The summed E-state index contributed by atoms with van der Waals surface area (Å²) in [7, 11) is 0. The summed E-state index contributed by atoms with van der Waals surface area (Å²) >= 11 is 0. The van der Waals surface area contributed by atoms with Crippen molar-refractivity contribution >= 4 is 33.2 Å². The molecule has 6 aromatic rings.